The zero-order chi connectivity index (χ0) is 17.5. The van der Waals surface area contributed by atoms with Gasteiger partial charge in [-0.1, -0.05) is 40.0 Å². The Morgan fingerprint density at radius 3 is 1.55 bits per heavy atom. The van der Waals surface area contributed by atoms with Crippen LogP contribution >= 0.6 is 34.8 Å². The van der Waals surface area contributed by atoms with Crippen molar-refractivity contribution in [3.8, 4) is 0 Å². The molecule has 1 rings (SSSR count). The van der Waals surface area contributed by atoms with E-state index < -0.39 is 44.4 Å². The summed E-state index contributed by atoms with van der Waals surface area (Å²) in [4.78, 5) is 0. The first kappa shape index (κ1) is 19.1. The van der Waals surface area contributed by atoms with Crippen molar-refractivity contribution in [2.24, 2.45) is 5.16 Å². The highest BCUT2D eigenvalue weighted by Gasteiger charge is 2.73. The van der Waals surface area contributed by atoms with Crippen LogP contribution in [-0.4, -0.2) is 22.7 Å². The molecule has 0 bridgehead atoms. The van der Waals surface area contributed by atoms with Gasteiger partial charge < -0.3 is 5.21 Å². The van der Waals surface area contributed by atoms with Crippen molar-refractivity contribution in [2.45, 2.75) is 18.0 Å². The predicted octanol–water partition coefficient (Wildman–Crippen LogP) is 5.66. The van der Waals surface area contributed by atoms with Crippen LogP contribution in [-0.2, 0) is 5.67 Å². The Morgan fingerprint density at radius 1 is 0.909 bits per heavy atom. The minimum atomic E-state index is -6.31. The Kier molecular flexibility index (Phi) is 5.16. The first-order valence-corrected chi connectivity index (χ1v) is 6.10. The third-order valence-corrected chi connectivity index (χ3v) is 3.38. The number of benzene rings is 1. The minimum Gasteiger partial charge on any atom is -0.410 e. The highest BCUT2D eigenvalue weighted by atomic mass is 35.5. The number of alkyl halides is 7. The third kappa shape index (κ3) is 3.07. The van der Waals surface area contributed by atoms with Crippen LogP contribution in [0.25, 0.3) is 0 Å². The van der Waals surface area contributed by atoms with Crippen molar-refractivity contribution in [3.05, 3.63) is 33.3 Å². The molecule has 0 heterocycles. The van der Waals surface area contributed by atoms with Crippen LogP contribution in [0.3, 0.4) is 0 Å². The van der Waals surface area contributed by atoms with E-state index in [0.29, 0.717) is 0 Å². The molecule has 0 aliphatic rings. The summed E-state index contributed by atoms with van der Waals surface area (Å²) in [5.74, 6) is 0. The summed E-state index contributed by atoms with van der Waals surface area (Å²) < 4.78 is 89.5. The lowest BCUT2D eigenvalue weighted by Gasteiger charge is -2.30. The molecule has 22 heavy (non-hydrogen) atoms. The molecule has 0 atom stereocenters. The molecule has 0 spiro atoms. The number of hydrogen-bond donors (Lipinski definition) is 1. The van der Waals surface area contributed by atoms with Crippen molar-refractivity contribution in [3.63, 3.8) is 0 Å². The fourth-order valence-electron chi connectivity index (χ4n) is 1.51. The molecule has 124 valence electrons. The lowest BCUT2D eigenvalue weighted by atomic mass is 9.93. The van der Waals surface area contributed by atoms with Crippen LogP contribution in [0.4, 0.5) is 30.7 Å². The van der Waals surface area contributed by atoms with Gasteiger partial charge in [0.2, 0.25) is 0 Å². The van der Waals surface area contributed by atoms with E-state index >= 15 is 0 Å². The summed E-state index contributed by atoms with van der Waals surface area (Å²) in [5.41, 5.74) is -8.12. The van der Waals surface area contributed by atoms with Gasteiger partial charge in [0.05, 0.1) is 15.6 Å². The van der Waals surface area contributed by atoms with Gasteiger partial charge in [-0.05, 0) is 12.1 Å². The number of nitrogens with zero attached hydrogens (tertiary/aromatic N) is 1. The molecule has 1 N–H and O–H groups in total. The summed E-state index contributed by atoms with van der Waals surface area (Å²) in [5, 5.41) is 8.35. The lowest BCUT2D eigenvalue weighted by Crippen LogP contribution is -2.50. The van der Waals surface area contributed by atoms with Crippen LogP contribution in [0, 0.1) is 0 Å². The van der Waals surface area contributed by atoms with Crippen LogP contribution in [0.5, 0.6) is 0 Å². The summed E-state index contributed by atoms with van der Waals surface area (Å²) in [6.45, 7) is 0. The van der Waals surface area contributed by atoms with Gasteiger partial charge in [-0.25, -0.2) is 4.39 Å². The second-order valence-electron chi connectivity index (χ2n) is 3.86. The van der Waals surface area contributed by atoms with E-state index in [1.165, 1.54) is 0 Å². The Hall–Kier alpha value is -0.930. The summed E-state index contributed by atoms with van der Waals surface area (Å²) >= 11 is 16.2. The standard InChI is InChI=1S/C10H3Cl3F7NO/c11-4-1-3(2-5(12)6(4)7(13)21-22)8(14,9(15,16)17)10(18,19)20/h1-2,22H. The summed E-state index contributed by atoms with van der Waals surface area (Å²) in [7, 11) is 0. The molecule has 0 unspecified atom stereocenters. The maximum Gasteiger partial charge on any atom is 0.435 e. The fraction of sp³-hybridized carbons (Fsp3) is 0.300. The first-order chi connectivity index (χ1) is 9.77. The number of halogens is 10. The Labute approximate surface area is 133 Å². The lowest BCUT2D eigenvalue weighted by molar-refractivity contribution is -0.348. The normalized spacial score (nSPS) is 14.4. The SMILES string of the molecule is ON=C(Cl)c1c(Cl)cc(C(F)(C(F)(F)F)C(F)(F)F)cc1Cl. The first-order valence-electron chi connectivity index (χ1n) is 4.97. The zero-order valence-electron chi connectivity index (χ0n) is 9.83. The van der Waals surface area contributed by atoms with Gasteiger partial charge in [-0.3, -0.25) is 0 Å². The van der Waals surface area contributed by atoms with E-state index in [-0.39, 0.29) is 12.1 Å². The fourth-order valence-corrected chi connectivity index (χ4v) is 2.47. The maximum atomic E-state index is 13.8. The Balaban J connectivity index is 3.69. The smallest absolute Gasteiger partial charge is 0.410 e. The van der Waals surface area contributed by atoms with Gasteiger partial charge >= 0.3 is 18.0 Å². The Bertz CT molecular complexity index is 575. The predicted molar refractivity (Wildman–Crippen MR) is 65.5 cm³/mol. The van der Waals surface area contributed by atoms with Crippen LogP contribution in [0.2, 0.25) is 10.0 Å². The second kappa shape index (κ2) is 5.93. The van der Waals surface area contributed by atoms with Gasteiger partial charge in [-0.15, -0.1) is 0 Å². The Morgan fingerprint density at radius 2 is 1.27 bits per heavy atom. The molecule has 0 aliphatic heterocycles. The summed E-state index contributed by atoms with van der Waals surface area (Å²) in [6, 6.07) is 0.106. The van der Waals surface area contributed by atoms with Gasteiger partial charge in [0.1, 0.15) is 0 Å². The highest BCUT2D eigenvalue weighted by molar-refractivity contribution is 6.71. The highest BCUT2D eigenvalue weighted by Crippen LogP contribution is 2.54. The molecule has 0 fully saturated rings. The second-order valence-corrected chi connectivity index (χ2v) is 5.03. The van der Waals surface area contributed by atoms with Crippen LogP contribution in [0.15, 0.2) is 17.3 Å². The van der Waals surface area contributed by atoms with Gasteiger partial charge in [0.15, 0.2) is 5.17 Å². The van der Waals surface area contributed by atoms with Crippen molar-refractivity contribution >= 4 is 40.0 Å². The van der Waals surface area contributed by atoms with E-state index in [1.54, 1.807) is 0 Å². The largest absolute Gasteiger partial charge is 0.435 e. The van der Waals surface area contributed by atoms with Crippen molar-refractivity contribution < 1.29 is 35.9 Å². The topological polar surface area (TPSA) is 32.6 Å². The molecule has 2 nitrogen and oxygen atoms in total. The molecular weight excluding hydrogens is 389 g/mol. The molecule has 1 aromatic rings. The zero-order valence-corrected chi connectivity index (χ0v) is 12.1. The third-order valence-electron chi connectivity index (χ3n) is 2.52. The molecule has 0 amide bonds. The molecule has 0 saturated carbocycles. The number of rotatable bonds is 2. The summed E-state index contributed by atoms with van der Waals surface area (Å²) in [6.07, 6.45) is -12.6. The van der Waals surface area contributed by atoms with Crippen molar-refractivity contribution in [1.82, 2.24) is 0 Å². The average molecular weight is 392 g/mol. The van der Waals surface area contributed by atoms with E-state index in [0.717, 1.165) is 0 Å². The quantitative estimate of drug-likeness (QED) is 0.300. The molecule has 0 saturated heterocycles. The van der Waals surface area contributed by atoms with Crippen LogP contribution < -0.4 is 0 Å². The van der Waals surface area contributed by atoms with Crippen molar-refractivity contribution in [1.29, 1.82) is 0 Å². The molecule has 0 aliphatic carbocycles. The van der Waals surface area contributed by atoms with Gasteiger partial charge in [-0.2, -0.15) is 26.3 Å². The van der Waals surface area contributed by atoms with Crippen LogP contribution in [0.1, 0.15) is 11.1 Å². The average Bonchev–Trinajstić information content (AvgIpc) is 2.33. The van der Waals surface area contributed by atoms with Crippen molar-refractivity contribution in [2.75, 3.05) is 0 Å². The van der Waals surface area contributed by atoms with Gasteiger partial charge in [0, 0.05) is 5.56 Å². The molecule has 0 aromatic heterocycles. The number of oxime groups is 1. The van der Waals surface area contributed by atoms with E-state index in [4.69, 9.17) is 40.0 Å². The van der Waals surface area contributed by atoms with E-state index in [9.17, 15) is 30.7 Å². The molecule has 0 radical (unpaired) electrons. The minimum absolute atomic E-state index is 0.0529. The monoisotopic (exact) mass is 391 g/mol. The maximum absolute atomic E-state index is 13.8. The number of hydrogen-bond acceptors (Lipinski definition) is 2. The molecule has 12 heteroatoms. The van der Waals surface area contributed by atoms with Gasteiger partial charge in [0.25, 0.3) is 0 Å². The van der Waals surface area contributed by atoms with E-state index in [1.807, 2.05) is 0 Å². The molecule has 1 aromatic carbocycles. The molecular formula is C10H3Cl3F7NO. The van der Waals surface area contributed by atoms with E-state index in [2.05, 4.69) is 5.16 Å².